The first-order valence-corrected chi connectivity index (χ1v) is 13.0. The molecule has 6 rings (SSSR count). The van der Waals surface area contributed by atoms with Crippen LogP contribution in [-0.2, 0) is 20.7 Å². The summed E-state index contributed by atoms with van der Waals surface area (Å²) >= 11 is 0. The van der Waals surface area contributed by atoms with Gasteiger partial charge >= 0.3 is 0 Å². The highest BCUT2D eigenvalue weighted by molar-refractivity contribution is 5.93. The highest BCUT2D eigenvalue weighted by Crippen LogP contribution is 2.30. The Kier molecular flexibility index (Phi) is 6.64. The van der Waals surface area contributed by atoms with Crippen molar-refractivity contribution in [2.75, 3.05) is 5.32 Å². The Morgan fingerprint density at radius 1 is 0.947 bits per heavy atom. The van der Waals surface area contributed by atoms with Gasteiger partial charge in [-0.15, -0.1) is 0 Å². The highest BCUT2D eigenvalue weighted by atomic mass is 16.5. The zero-order chi connectivity index (χ0) is 25.9. The first-order chi connectivity index (χ1) is 18.6. The monoisotopic (exact) mass is 509 g/mol. The number of pyridine rings is 2. The maximum atomic E-state index is 6.21. The lowest BCUT2D eigenvalue weighted by Crippen LogP contribution is -2.31. The van der Waals surface area contributed by atoms with Gasteiger partial charge in [-0.25, -0.2) is 9.97 Å². The van der Waals surface area contributed by atoms with Crippen molar-refractivity contribution in [2.24, 2.45) is 14.1 Å². The van der Waals surface area contributed by atoms with Crippen LogP contribution in [0.15, 0.2) is 73.3 Å². The van der Waals surface area contributed by atoms with Gasteiger partial charge in [0.25, 0.3) is 0 Å². The second kappa shape index (κ2) is 10.5. The van der Waals surface area contributed by atoms with Crippen LogP contribution in [0.2, 0.25) is 0 Å². The van der Waals surface area contributed by atoms with Gasteiger partial charge in [-0.2, -0.15) is 10.2 Å². The second-order valence-electron chi connectivity index (χ2n) is 9.80. The Morgan fingerprint density at radius 3 is 2.53 bits per heavy atom. The zero-order valence-corrected chi connectivity index (χ0v) is 21.6. The van der Waals surface area contributed by atoms with Gasteiger partial charge in [0.1, 0.15) is 23.9 Å². The Balaban J connectivity index is 1.01. The molecule has 9 heteroatoms. The van der Waals surface area contributed by atoms with Crippen molar-refractivity contribution < 1.29 is 9.47 Å². The Bertz CT molecular complexity index is 1500. The molecule has 0 bridgehead atoms. The van der Waals surface area contributed by atoms with E-state index in [1.165, 1.54) is 0 Å². The molecular formula is C29H31N7O2. The average molecular weight is 510 g/mol. The fourth-order valence-electron chi connectivity index (χ4n) is 4.97. The second-order valence-corrected chi connectivity index (χ2v) is 9.80. The van der Waals surface area contributed by atoms with E-state index in [-0.39, 0.29) is 6.10 Å². The fraction of sp³-hybridized carbons (Fsp3) is 0.310. The molecular weight excluding hydrogens is 478 g/mol. The zero-order valence-electron chi connectivity index (χ0n) is 21.6. The number of fused-ring (bicyclic) bond motifs is 1. The third-order valence-electron chi connectivity index (χ3n) is 6.98. The van der Waals surface area contributed by atoms with Gasteiger partial charge in [0.2, 0.25) is 5.88 Å². The van der Waals surface area contributed by atoms with Crippen molar-refractivity contribution in [3.63, 3.8) is 0 Å². The molecule has 194 valence electrons. The van der Waals surface area contributed by atoms with E-state index < -0.39 is 0 Å². The van der Waals surface area contributed by atoms with E-state index in [0.29, 0.717) is 18.5 Å². The number of rotatable bonds is 8. The third kappa shape index (κ3) is 5.32. The van der Waals surface area contributed by atoms with Gasteiger partial charge in [0.05, 0.1) is 24.0 Å². The quantitative estimate of drug-likeness (QED) is 0.309. The van der Waals surface area contributed by atoms with Crippen LogP contribution in [0.5, 0.6) is 11.6 Å². The summed E-state index contributed by atoms with van der Waals surface area (Å²) in [6.45, 7) is 0.499. The number of benzene rings is 1. The van der Waals surface area contributed by atoms with Crippen LogP contribution in [-0.4, -0.2) is 41.7 Å². The number of nitrogens with one attached hydrogen (secondary N) is 1. The molecule has 9 nitrogen and oxygen atoms in total. The van der Waals surface area contributed by atoms with Gasteiger partial charge in [0, 0.05) is 55.6 Å². The van der Waals surface area contributed by atoms with E-state index in [4.69, 9.17) is 19.6 Å². The Labute approximate surface area is 221 Å². The molecule has 38 heavy (non-hydrogen) atoms. The number of aryl methyl sites for hydroxylation is 2. The van der Waals surface area contributed by atoms with E-state index in [1.807, 2.05) is 79.8 Å². The molecule has 0 unspecified atom stereocenters. The molecule has 1 N–H and O–H groups in total. The number of anilines is 1. The summed E-state index contributed by atoms with van der Waals surface area (Å²) in [5, 5.41) is 13.6. The van der Waals surface area contributed by atoms with E-state index in [9.17, 15) is 0 Å². The van der Waals surface area contributed by atoms with Crippen molar-refractivity contribution in [3.8, 4) is 22.9 Å². The molecule has 0 saturated heterocycles. The molecule has 5 aromatic rings. The van der Waals surface area contributed by atoms with Crippen LogP contribution in [0.3, 0.4) is 0 Å². The first-order valence-electron chi connectivity index (χ1n) is 13.0. The van der Waals surface area contributed by atoms with E-state index in [2.05, 4.69) is 21.5 Å². The minimum absolute atomic E-state index is 0.181. The van der Waals surface area contributed by atoms with Crippen molar-refractivity contribution in [2.45, 2.75) is 44.4 Å². The van der Waals surface area contributed by atoms with Crippen molar-refractivity contribution in [1.82, 2.24) is 29.5 Å². The van der Waals surface area contributed by atoms with E-state index in [1.54, 1.807) is 10.9 Å². The summed E-state index contributed by atoms with van der Waals surface area (Å²) in [4.78, 5) is 9.10. The highest BCUT2D eigenvalue weighted by Gasteiger charge is 2.23. The molecule has 0 atom stereocenters. The predicted octanol–water partition coefficient (Wildman–Crippen LogP) is 5.14. The SMILES string of the molecule is Cn1cc(-c2nn(C)c3cc(NC4CCC(Oc5ccc(OCc6ccccc6)nc5)CC4)ncc23)cn1. The standard InChI is InChI=1S/C29H31N7O2/c1-35-18-21(15-32-35)29-25-17-30-27(14-26(25)36(2)34-29)33-22-8-10-23(11-9-22)38-24-12-13-28(31-16-24)37-19-20-6-4-3-5-7-20/h3-7,12-18,22-23H,8-11,19H2,1-2H3,(H,30,33). The lowest BCUT2D eigenvalue weighted by molar-refractivity contribution is 0.149. The molecule has 4 aromatic heterocycles. The molecule has 1 aromatic carbocycles. The summed E-state index contributed by atoms with van der Waals surface area (Å²) in [7, 11) is 3.87. The molecule has 0 radical (unpaired) electrons. The van der Waals surface area contributed by atoms with Crippen LogP contribution in [0, 0.1) is 0 Å². The van der Waals surface area contributed by atoms with Crippen molar-refractivity contribution in [1.29, 1.82) is 0 Å². The predicted molar refractivity (Wildman–Crippen MR) is 146 cm³/mol. The average Bonchev–Trinajstić information content (AvgIpc) is 3.52. The number of aromatic nitrogens is 6. The maximum absolute atomic E-state index is 6.21. The lowest BCUT2D eigenvalue weighted by Gasteiger charge is -2.29. The number of ether oxygens (including phenoxy) is 2. The molecule has 0 spiro atoms. The van der Waals surface area contributed by atoms with Crippen molar-refractivity contribution >= 4 is 16.7 Å². The van der Waals surface area contributed by atoms with Gasteiger partial charge in [-0.1, -0.05) is 30.3 Å². The van der Waals surface area contributed by atoms with E-state index in [0.717, 1.165) is 65.0 Å². The van der Waals surface area contributed by atoms with Crippen LogP contribution >= 0.6 is 0 Å². The van der Waals surface area contributed by atoms with Gasteiger partial charge in [-0.05, 0) is 37.3 Å². The summed E-state index contributed by atoms with van der Waals surface area (Å²) in [6, 6.07) is 16.3. The van der Waals surface area contributed by atoms with Crippen LogP contribution in [0.4, 0.5) is 5.82 Å². The van der Waals surface area contributed by atoms with Crippen molar-refractivity contribution in [3.05, 3.63) is 78.9 Å². The van der Waals surface area contributed by atoms with Gasteiger partial charge in [0.15, 0.2) is 0 Å². The minimum atomic E-state index is 0.181. The lowest BCUT2D eigenvalue weighted by atomic mass is 9.93. The minimum Gasteiger partial charge on any atom is -0.489 e. The van der Waals surface area contributed by atoms with Gasteiger partial charge < -0.3 is 14.8 Å². The van der Waals surface area contributed by atoms with Crippen LogP contribution in [0.25, 0.3) is 22.2 Å². The molecule has 1 aliphatic rings. The number of hydrogen-bond acceptors (Lipinski definition) is 7. The largest absolute Gasteiger partial charge is 0.489 e. The summed E-state index contributed by atoms with van der Waals surface area (Å²) in [5.41, 5.74) is 4.05. The van der Waals surface area contributed by atoms with Crippen LogP contribution in [0.1, 0.15) is 31.2 Å². The summed E-state index contributed by atoms with van der Waals surface area (Å²) in [5.74, 6) is 2.25. The third-order valence-corrected chi connectivity index (χ3v) is 6.98. The smallest absolute Gasteiger partial charge is 0.213 e. The van der Waals surface area contributed by atoms with Crippen LogP contribution < -0.4 is 14.8 Å². The Hall–Kier alpha value is -4.40. The maximum Gasteiger partial charge on any atom is 0.213 e. The van der Waals surface area contributed by atoms with E-state index >= 15 is 0 Å². The normalized spacial score (nSPS) is 17.4. The molecule has 0 aliphatic heterocycles. The molecule has 0 amide bonds. The van der Waals surface area contributed by atoms with Gasteiger partial charge in [-0.3, -0.25) is 9.36 Å². The molecule has 4 heterocycles. The summed E-state index contributed by atoms with van der Waals surface area (Å²) in [6.07, 6.45) is 11.6. The molecule has 1 fully saturated rings. The summed E-state index contributed by atoms with van der Waals surface area (Å²) < 4.78 is 15.7. The molecule has 1 saturated carbocycles. The first kappa shape index (κ1) is 24.0. The number of nitrogens with zero attached hydrogens (tertiary/aromatic N) is 6. The molecule has 1 aliphatic carbocycles. The number of hydrogen-bond donors (Lipinski definition) is 1. The Morgan fingerprint density at radius 2 is 1.79 bits per heavy atom. The topological polar surface area (TPSA) is 91.9 Å². The fourth-order valence-corrected chi connectivity index (χ4v) is 4.97.